The summed E-state index contributed by atoms with van der Waals surface area (Å²) < 4.78 is 33.1. The molecule has 0 N–H and O–H groups in total. The summed E-state index contributed by atoms with van der Waals surface area (Å²) in [5, 5.41) is 1.95. The highest BCUT2D eigenvalue weighted by Crippen LogP contribution is 2.40. The summed E-state index contributed by atoms with van der Waals surface area (Å²) >= 11 is 1.38. The minimum atomic E-state index is -1.20. The Labute approximate surface area is 218 Å². The van der Waals surface area contributed by atoms with Crippen LogP contribution in [0.3, 0.4) is 0 Å². The third kappa shape index (κ3) is 7.77. The number of esters is 4. The van der Waals surface area contributed by atoms with Crippen molar-refractivity contribution in [3.8, 4) is 5.75 Å². The molecule has 0 radical (unpaired) electrons. The summed E-state index contributed by atoms with van der Waals surface area (Å²) in [4.78, 5) is 48.1. The van der Waals surface area contributed by atoms with Gasteiger partial charge in [-0.1, -0.05) is 12.1 Å². The smallest absolute Gasteiger partial charge is 0.303 e. The van der Waals surface area contributed by atoms with Crippen LogP contribution in [0.1, 0.15) is 49.8 Å². The summed E-state index contributed by atoms with van der Waals surface area (Å²) in [6.45, 7) is 4.57. The van der Waals surface area contributed by atoms with Crippen molar-refractivity contribution in [1.29, 1.82) is 0 Å². The van der Waals surface area contributed by atoms with Gasteiger partial charge in [0.05, 0.1) is 7.11 Å². The zero-order valence-electron chi connectivity index (χ0n) is 21.3. The third-order valence-corrected chi connectivity index (χ3v) is 6.56. The van der Waals surface area contributed by atoms with E-state index in [2.05, 4.69) is 0 Å². The molecule has 2 aromatic rings. The number of hydrogen-bond donors (Lipinski definition) is 0. The van der Waals surface area contributed by atoms with Crippen LogP contribution in [0.5, 0.6) is 5.75 Å². The molecule has 0 bridgehead atoms. The summed E-state index contributed by atoms with van der Waals surface area (Å²) in [5.74, 6) is -1.78. The van der Waals surface area contributed by atoms with E-state index < -0.39 is 54.4 Å². The average molecular weight is 535 g/mol. The van der Waals surface area contributed by atoms with Crippen molar-refractivity contribution in [3.63, 3.8) is 0 Å². The Morgan fingerprint density at radius 2 is 1.41 bits per heavy atom. The first kappa shape index (κ1) is 28.1. The second-order valence-corrected chi connectivity index (χ2v) is 9.44. The lowest BCUT2D eigenvalue weighted by Crippen LogP contribution is -2.59. The molecule has 2 heterocycles. The molecule has 1 aromatic heterocycles. The Hall–Kier alpha value is -3.44. The molecule has 0 saturated carbocycles. The van der Waals surface area contributed by atoms with Crippen molar-refractivity contribution in [1.82, 2.24) is 0 Å². The van der Waals surface area contributed by atoms with Gasteiger partial charge in [-0.2, -0.15) is 0 Å². The third-order valence-electron chi connectivity index (χ3n) is 5.51. The van der Waals surface area contributed by atoms with Crippen LogP contribution in [0.2, 0.25) is 0 Å². The molecule has 10 nitrogen and oxygen atoms in total. The van der Waals surface area contributed by atoms with Gasteiger partial charge in [-0.25, -0.2) is 0 Å². The monoisotopic (exact) mass is 534 g/mol. The van der Waals surface area contributed by atoms with E-state index in [0.717, 1.165) is 16.9 Å². The SMILES string of the molecule is COc1ccc(Cc2csc([C@@H]3O[C@H](COC(C)=O)[C@@H](OC(C)=O)[C@H](OC(C)=O)[C@H]3OC(C)=O)c2)cc1. The van der Waals surface area contributed by atoms with E-state index in [1.165, 1.54) is 39.0 Å². The van der Waals surface area contributed by atoms with Crippen molar-refractivity contribution in [2.24, 2.45) is 0 Å². The van der Waals surface area contributed by atoms with Crippen LogP contribution in [-0.4, -0.2) is 62.0 Å². The highest BCUT2D eigenvalue weighted by atomic mass is 32.1. The molecule has 3 rings (SSSR count). The van der Waals surface area contributed by atoms with Crippen LogP contribution < -0.4 is 4.74 Å². The lowest BCUT2D eigenvalue weighted by Gasteiger charge is -2.44. The zero-order valence-corrected chi connectivity index (χ0v) is 22.1. The highest BCUT2D eigenvalue weighted by molar-refractivity contribution is 7.10. The molecule has 5 atom stereocenters. The van der Waals surface area contributed by atoms with Crippen LogP contribution in [0.25, 0.3) is 0 Å². The van der Waals surface area contributed by atoms with Gasteiger partial charge in [0, 0.05) is 32.6 Å². The Morgan fingerprint density at radius 1 is 0.811 bits per heavy atom. The number of ether oxygens (including phenoxy) is 6. The summed E-state index contributed by atoms with van der Waals surface area (Å²) in [6.07, 6.45) is -4.73. The topological polar surface area (TPSA) is 124 Å². The molecule has 1 fully saturated rings. The van der Waals surface area contributed by atoms with Gasteiger partial charge in [0.15, 0.2) is 18.3 Å². The molecule has 1 aliphatic heterocycles. The average Bonchev–Trinajstić information content (AvgIpc) is 3.28. The predicted octanol–water partition coefficient (Wildman–Crippen LogP) is 3.15. The quantitative estimate of drug-likeness (QED) is 0.350. The van der Waals surface area contributed by atoms with Crippen molar-refractivity contribution in [3.05, 3.63) is 51.7 Å². The van der Waals surface area contributed by atoms with Gasteiger partial charge in [-0.05, 0) is 41.1 Å². The number of hydrogen-bond acceptors (Lipinski definition) is 11. The summed E-state index contributed by atoms with van der Waals surface area (Å²) in [5.41, 5.74) is 2.05. The molecule has 11 heteroatoms. The van der Waals surface area contributed by atoms with Crippen LogP contribution in [0, 0.1) is 0 Å². The van der Waals surface area contributed by atoms with E-state index in [4.69, 9.17) is 28.4 Å². The molecular formula is C26H30O10S. The number of thiophene rings is 1. The van der Waals surface area contributed by atoms with Gasteiger partial charge in [0.25, 0.3) is 0 Å². The van der Waals surface area contributed by atoms with Gasteiger partial charge < -0.3 is 28.4 Å². The molecular weight excluding hydrogens is 504 g/mol. The van der Waals surface area contributed by atoms with E-state index in [-0.39, 0.29) is 6.61 Å². The fourth-order valence-electron chi connectivity index (χ4n) is 4.07. The molecule has 0 aliphatic carbocycles. The Bertz CT molecular complexity index is 1110. The molecule has 0 amide bonds. The number of benzene rings is 1. The first-order valence-electron chi connectivity index (χ1n) is 11.6. The van der Waals surface area contributed by atoms with Crippen LogP contribution >= 0.6 is 11.3 Å². The lowest BCUT2D eigenvalue weighted by atomic mass is 9.93. The number of carbonyl (C=O) groups is 4. The summed E-state index contributed by atoms with van der Waals surface area (Å²) in [6, 6.07) is 9.59. The zero-order chi connectivity index (χ0) is 27.1. The highest BCUT2D eigenvalue weighted by Gasteiger charge is 2.52. The van der Waals surface area contributed by atoms with Crippen LogP contribution in [0.15, 0.2) is 35.7 Å². The maximum Gasteiger partial charge on any atom is 0.303 e. The maximum absolute atomic E-state index is 12.0. The molecule has 37 heavy (non-hydrogen) atoms. The Kier molecular flexibility index (Phi) is 9.65. The van der Waals surface area contributed by atoms with Crippen LogP contribution in [-0.2, 0) is 49.3 Å². The van der Waals surface area contributed by atoms with E-state index in [0.29, 0.717) is 11.3 Å². The van der Waals surface area contributed by atoms with Gasteiger partial charge in [-0.3, -0.25) is 19.2 Å². The Balaban J connectivity index is 1.96. The minimum absolute atomic E-state index is 0.265. The lowest BCUT2D eigenvalue weighted by molar-refractivity contribution is -0.254. The van der Waals surface area contributed by atoms with E-state index >= 15 is 0 Å². The van der Waals surface area contributed by atoms with E-state index in [1.54, 1.807) is 7.11 Å². The van der Waals surface area contributed by atoms with Crippen LogP contribution in [0.4, 0.5) is 0 Å². The fraction of sp³-hybridized carbons (Fsp3) is 0.462. The van der Waals surface area contributed by atoms with Gasteiger partial charge >= 0.3 is 23.9 Å². The molecule has 0 unspecified atom stereocenters. The standard InChI is InChI=1S/C26H30O10S/c1-14(27)32-12-21-23(33-15(2)28)25(34-16(3)29)26(35-17(4)30)24(36-21)22-11-19(13-37-22)10-18-6-8-20(31-5)9-7-18/h6-9,11,13,21,23-26H,10,12H2,1-5H3/t21-,23-,24+,25+,26+/m1/s1. The van der Waals surface area contributed by atoms with Gasteiger partial charge in [0.2, 0.25) is 0 Å². The first-order chi connectivity index (χ1) is 17.6. The predicted molar refractivity (Wildman–Crippen MR) is 131 cm³/mol. The largest absolute Gasteiger partial charge is 0.497 e. The Morgan fingerprint density at radius 3 is 1.97 bits per heavy atom. The molecule has 1 aromatic carbocycles. The van der Waals surface area contributed by atoms with Gasteiger partial charge in [-0.15, -0.1) is 11.3 Å². The minimum Gasteiger partial charge on any atom is -0.497 e. The molecule has 1 saturated heterocycles. The van der Waals surface area contributed by atoms with Crippen molar-refractivity contribution >= 4 is 35.2 Å². The fourth-order valence-corrected chi connectivity index (χ4v) is 5.05. The number of rotatable bonds is 9. The van der Waals surface area contributed by atoms with Crippen molar-refractivity contribution in [2.75, 3.05) is 13.7 Å². The van der Waals surface area contributed by atoms with Gasteiger partial charge in [0.1, 0.15) is 24.6 Å². The molecule has 0 spiro atoms. The number of methoxy groups -OCH3 is 1. The van der Waals surface area contributed by atoms with E-state index in [9.17, 15) is 19.2 Å². The maximum atomic E-state index is 12.0. The summed E-state index contributed by atoms with van der Waals surface area (Å²) in [7, 11) is 1.60. The van der Waals surface area contributed by atoms with Crippen molar-refractivity contribution < 1.29 is 47.6 Å². The second-order valence-electron chi connectivity index (χ2n) is 8.50. The van der Waals surface area contributed by atoms with Crippen molar-refractivity contribution in [2.45, 2.75) is 64.6 Å². The second kappa shape index (κ2) is 12.7. The normalized spacial score (nSPS) is 23.0. The molecule has 200 valence electrons. The first-order valence-corrected chi connectivity index (χ1v) is 12.5. The number of carbonyl (C=O) groups excluding carboxylic acids is 4. The molecule has 1 aliphatic rings. The van der Waals surface area contributed by atoms with E-state index in [1.807, 2.05) is 35.7 Å².